The van der Waals surface area contributed by atoms with Crippen LogP contribution in [0.5, 0.6) is 0 Å². The van der Waals surface area contributed by atoms with Gasteiger partial charge < -0.3 is 5.32 Å². The number of hydrogen-bond acceptors (Lipinski definition) is 1. The minimum Gasteiger partial charge on any atom is -0.360 e. The Morgan fingerprint density at radius 1 is 1.45 bits per heavy atom. The van der Waals surface area contributed by atoms with Crippen LogP contribution in [0, 0.1) is 0 Å². The smallest absolute Gasteiger partial charge is 0.0367 e. The van der Waals surface area contributed by atoms with Crippen LogP contribution >= 0.6 is 0 Å². The lowest BCUT2D eigenvalue weighted by Gasteiger charge is -2.14. The molecule has 0 spiro atoms. The molecule has 0 aromatic rings. The van der Waals surface area contributed by atoms with E-state index in [-0.39, 0.29) is 0 Å². The first-order chi connectivity index (χ1) is 5.20. The van der Waals surface area contributed by atoms with E-state index >= 15 is 0 Å². The molecule has 0 saturated heterocycles. The normalized spacial score (nSPS) is 16.9. The Balaban J connectivity index is 2.63. The highest BCUT2D eigenvalue weighted by molar-refractivity contribution is 5.32. The van der Waals surface area contributed by atoms with Crippen molar-refractivity contribution in [3.63, 3.8) is 0 Å². The van der Waals surface area contributed by atoms with Crippen molar-refractivity contribution in [2.45, 2.75) is 26.7 Å². The van der Waals surface area contributed by atoms with Gasteiger partial charge in [-0.05, 0) is 32.3 Å². The second kappa shape index (κ2) is 3.42. The van der Waals surface area contributed by atoms with Crippen LogP contribution in [0.3, 0.4) is 0 Å². The van der Waals surface area contributed by atoms with Gasteiger partial charge in [-0.15, -0.1) is 0 Å². The molecule has 1 nitrogen and oxygen atoms in total. The monoisotopic (exact) mass is 149 g/mol. The van der Waals surface area contributed by atoms with Crippen LogP contribution < -0.4 is 5.32 Å². The predicted octanol–water partition coefficient (Wildman–Crippen LogP) is 2.73. The molecule has 0 unspecified atom stereocenters. The van der Waals surface area contributed by atoms with E-state index in [1.807, 2.05) is 6.92 Å². The van der Waals surface area contributed by atoms with Crippen LogP contribution in [0.2, 0.25) is 0 Å². The minimum atomic E-state index is 1.01. The minimum absolute atomic E-state index is 1.01. The average Bonchev–Trinajstić information content (AvgIpc) is 1.93. The zero-order valence-electron chi connectivity index (χ0n) is 7.28. The highest BCUT2D eigenvalue weighted by Crippen LogP contribution is 2.15. The number of allylic oxidation sites excluding steroid dienone is 4. The maximum Gasteiger partial charge on any atom is 0.0367 e. The summed E-state index contributed by atoms with van der Waals surface area (Å²) in [6.45, 7) is 7.91. The molecule has 60 valence electrons. The molecular formula is C10H15N. The molecule has 11 heavy (non-hydrogen) atoms. The van der Waals surface area contributed by atoms with Gasteiger partial charge in [0.15, 0.2) is 0 Å². The second-order valence-corrected chi connectivity index (χ2v) is 2.99. The van der Waals surface area contributed by atoms with Gasteiger partial charge >= 0.3 is 0 Å². The van der Waals surface area contributed by atoms with E-state index in [1.54, 1.807) is 0 Å². The Morgan fingerprint density at radius 2 is 2.09 bits per heavy atom. The van der Waals surface area contributed by atoms with Crippen LogP contribution in [-0.4, -0.2) is 0 Å². The largest absolute Gasteiger partial charge is 0.360 e. The summed E-state index contributed by atoms with van der Waals surface area (Å²) in [6.07, 6.45) is 6.80. The van der Waals surface area contributed by atoms with Gasteiger partial charge in [-0.25, -0.2) is 0 Å². The van der Waals surface area contributed by atoms with Crippen LogP contribution in [0.15, 0.2) is 35.7 Å². The molecule has 0 radical (unpaired) electrons. The third-order valence-corrected chi connectivity index (χ3v) is 1.74. The summed E-state index contributed by atoms with van der Waals surface area (Å²) < 4.78 is 0. The van der Waals surface area contributed by atoms with E-state index in [9.17, 15) is 0 Å². The van der Waals surface area contributed by atoms with Crippen molar-refractivity contribution in [3.05, 3.63) is 35.7 Å². The van der Waals surface area contributed by atoms with Crippen molar-refractivity contribution in [3.8, 4) is 0 Å². The Labute approximate surface area is 68.5 Å². The predicted molar refractivity (Wildman–Crippen MR) is 49.0 cm³/mol. The van der Waals surface area contributed by atoms with Gasteiger partial charge in [-0.3, -0.25) is 0 Å². The second-order valence-electron chi connectivity index (χ2n) is 2.99. The molecule has 1 aliphatic rings. The first-order valence-corrected chi connectivity index (χ1v) is 4.00. The third-order valence-electron chi connectivity index (χ3n) is 1.74. The lowest BCUT2D eigenvalue weighted by molar-refractivity contribution is 0.904. The summed E-state index contributed by atoms with van der Waals surface area (Å²) in [5.41, 5.74) is 3.56. The van der Waals surface area contributed by atoms with Crippen LogP contribution in [-0.2, 0) is 0 Å². The fourth-order valence-corrected chi connectivity index (χ4v) is 1.18. The molecule has 0 aromatic carbocycles. The van der Waals surface area contributed by atoms with Gasteiger partial charge in [0.05, 0.1) is 0 Å². The number of hydrogen-bond donors (Lipinski definition) is 1. The van der Waals surface area contributed by atoms with Gasteiger partial charge in [0.25, 0.3) is 0 Å². The summed E-state index contributed by atoms with van der Waals surface area (Å²) in [5.74, 6) is 0. The Hall–Kier alpha value is -0.980. The first-order valence-electron chi connectivity index (χ1n) is 4.00. The van der Waals surface area contributed by atoms with Gasteiger partial charge in [0.2, 0.25) is 0 Å². The third kappa shape index (κ3) is 2.26. The summed E-state index contributed by atoms with van der Waals surface area (Å²) in [4.78, 5) is 0. The van der Waals surface area contributed by atoms with Crippen molar-refractivity contribution >= 4 is 0 Å². The SMILES string of the molecule is C=C(C)NC1=CCCC=C1C. The van der Waals surface area contributed by atoms with Crippen molar-refractivity contribution in [1.29, 1.82) is 0 Å². The van der Waals surface area contributed by atoms with Gasteiger partial charge in [0, 0.05) is 11.4 Å². The van der Waals surface area contributed by atoms with E-state index < -0.39 is 0 Å². The zero-order chi connectivity index (χ0) is 8.27. The molecule has 0 aliphatic heterocycles. The molecule has 0 bridgehead atoms. The Bertz CT molecular complexity index is 221. The van der Waals surface area contributed by atoms with E-state index in [0.717, 1.165) is 12.1 Å². The lowest BCUT2D eigenvalue weighted by atomic mass is 10.1. The molecule has 0 saturated carbocycles. The van der Waals surface area contributed by atoms with E-state index in [2.05, 4.69) is 31.0 Å². The molecule has 0 heterocycles. The Morgan fingerprint density at radius 3 is 2.64 bits per heavy atom. The fourth-order valence-electron chi connectivity index (χ4n) is 1.18. The van der Waals surface area contributed by atoms with Crippen molar-refractivity contribution in [1.82, 2.24) is 5.32 Å². The standard InChI is InChI=1S/C10H15N/c1-8(2)11-10-7-5-4-6-9(10)3/h6-7,11H,1,4-5H2,2-3H3. The average molecular weight is 149 g/mol. The van der Waals surface area contributed by atoms with Gasteiger partial charge in [-0.1, -0.05) is 18.7 Å². The van der Waals surface area contributed by atoms with Crippen molar-refractivity contribution in [2.24, 2.45) is 0 Å². The van der Waals surface area contributed by atoms with E-state index in [4.69, 9.17) is 0 Å². The zero-order valence-corrected chi connectivity index (χ0v) is 7.28. The maximum absolute atomic E-state index is 3.80. The molecular weight excluding hydrogens is 134 g/mol. The van der Waals surface area contributed by atoms with Crippen LogP contribution in [0.1, 0.15) is 26.7 Å². The highest BCUT2D eigenvalue weighted by atomic mass is 14.9. The number of rotatable bonds is 2. The molecule has 0 aromatic heterocycles. The van der Waals surface area contributed by atoms with Crippen LogP contribution in [0.4, 0.5) is 0 Å². The lowest BCUT2D eigenvalue weighted by Crippen LogP contribution is -2.12. The molecule has 1 heteroatoms. The van der Waals surface area contributed by atoms with Crippen molar-refractivity contribution in [2.75, 3.05) is 0 Å². The first kappa shape index (κ1) is 8.12. The summed E-state index contributed by atoms with van der Waals surface area (Å²) in [6, 6.07) is 0. The molecule has 1 rings (SSSR count). The Kier molecular flexibility index (Phi) is 2.53. The summed E-state index contributed by atoms with van der Waals surface area (Å²) >= 11 is 0. The summed E-state index contributed by atoms with van der Waals surface area (Å²) in [7, 11) is 0. The number of nitrogens with one attached hydrogen (secondary N) is 1. The summed E-state index contributed by atoms with van der Waals surface area (Å²) in [5, 5.41) is 3.23. The van der Waals surface area contributed by atoms with Gasteiger partial charge in [0.1, 0.15) is 0 Å². The molecule has 0 fully saturated rings. The molecule has 0 atom stereocenters. The van der Waals surface area contributed by atoms with Crippen molar-refractivity contribution < 1.29 is 0 Å². The molecule has 1 aliphatic carbocycles. The molecule has 0 amide bonds. The fraction of sp³-hybridized carbons (Fsp3) is 0.400. The van der Waals surface area contributed by atoms with Gasteiger partial charge in [-0.2, -0.15) is 0 Å². The van der Waals surface area contributed by atoms with E-state index in [0.29, 0.717) is 0 Å². The maximum atomic E-state index is 3.80. The molecule has 1 N–H and O–H groups in total. The quantitative estimate of drug-likeness (QED) is 0.636. The van der Waals surface area contributed by atoms with Crippen LogP contribution in [0.25, 0.3) is 0 Å². The topological polar surface area (TPSA) is 12.0 Å². The van der Waals surface area contributed by atoms with E-state index in [1.165, 1.54) is 17.7 Å². The highest BCUT2D eigenvalue weighted by Gasteiger charge is 2.02.